The molecule has 0 aromatic carbocycles. The lowest BCUT2D eigenvalue weighted by Gasteiger charge is -1.99. The van der Waals surface area contributed by atoms with Gasteiger partial charge in [0.15, 0.2) is 6.34 Å². The first-order valence-corrected chi connectivity index (χ1v) is 3.41. The van der Waals surface area contributed by atoms with Gasteiger partial charge in [0.25, 0.3) is 0 Å². The van der Waals surface area contributed by atoms with Crippen molar-refractivity contribution in [1.29, 1.82) is 0 Å². The number of hydrogen-bond acceptors (Lipinski definition) is 1. The van der Waals surface area contributed by atoms with Crippen LogP contribution in [-0.2, 0) is 0 Å². The highest BCUT2D eigenvalue weighted by Crippen LogP contribution is 1.90. The predicted octanol–water partition coefficient (Wildman–Crippen LogP) is 0.184. The molecule has 0 aromatic heterocycles. The van der Waals surface area contributed by atoms with Gasteiger partial charge in [0.2, 0.25) is 0 Å². The second kappa shape index (κ2) is 2.78. The van der Waals surface area contributed by atoms with Crippen LogP contribution in [0.4, 0.5) is 0 Å². The van der Waals surface area contributed by atoms with E-state index in [0.717, 1.165) is 5.70 Å². The van der Waals surface area contributed by atoms with E-state index in [9.17, 15) is 0 Å². The molecule has 1 aliphatic heterocycles. The molecule has 1 heterocycles. The van der Waals surface area contributed by atoms with Crippen molar-refractivity contribution in [3.63, 3.8) is 0 Å². The van der Waals surface area contributed by atoms with E-state index in [1.165, 1.54) is 17.9 Å². The van der Waals surface area contributed by atoms with Gasteiger partial charge in [0.05, 0.1) is 12.2 Å². The fourth-order valence-electron chi connectivity index (χ4n) is 0.953. The molecule has 0 saturated heterocycles. The smallest absolute Gasteiger partial charge is 0.193 e. The number of nitrogens with zero attached hydrogens (tertiary/aromatic N) is 1. The molecule has 50 valence electrons. The Morgan fingerprint density at radius 2 is 2.44 bits per heavy atom. The van der Waals surface area contributed by atoms with Crippen molar-refractivity contribution in [2.24, 2.45) is 4.99 Å². The van der Waals surface area contributed by atoms with Gasteiger partial charge in [-0.15, -0.1) is 0 Å². The number of rotatable bonds is 2. The fourth-order valence-corrected chi connectivity index (χ4v) is 0.953. The van der Waals surface area contributed by atoms with Crippen LogP contribution >= 0.6 is 0 Å². The Morgan fingerprint density at radius 3 is 2.89 bits per heavy atom. The standard InChI is InChI=1S/C7H12N2/c1-3-4-9-5-7(2)8-6-9/h5-6H,3-4H2,1-2H3/p+1. The zero-order chi connectivity index (χ0) is 6.69. The van der Waals surface area contributed by atoms with Crippen molar-refractivity contribution in [2.75, 3.05) is 6.54 Å². The maximum Gasteiger partial charge on any atom is 0.193 e. The minimum absolute atomic E-state index is 1.14. The Hall–Kier alpha value is -0.630. The Balaban J connectivity index is 2.40. The molecule has 0 spiro atoms. The highest BCUT2D eigenvalue weighted by atomic mass is 15.2. The summed E-state index contributed by atoms with van der Waals surface area (Å²) in [6.07, 6.45) is 5.31. The van der Waals surface area contributed by atoms with Crippen LogP contribution in [0.3, 0.4) is 0 Å². The van der Waals surface area contributed by atoms with Gasteiger partial charge in [-0.25, -0.2) is 4.99 Å². The third kappa shape index (κ3) is 1.64. The quantitative estimate of drug-likeness (QED) is 0.542. The minimum Gasteiger partial charge on any atom is -0.265 e. The third-order valence-corrected chi connectivity index (χ3v) is 1.37. The molecule has 1 N–H and O–H groups in total. The van der Waals surface area contributed by atoms with Gasteiger partial charge >= 0.3 is 0 Å². The molecule has 2 nitrogen and oxygen atoms in total. The van der Waals surface area contributed by atoms with E-state index >= 15 is 0 Å². The van der Waals surface area contributed by atoms with E-state index in [1.54, 1.807) is 0 Å². The zero-order valence-electron chi connectivity index (χ0n) is 6.02. The fraction of sp³-hybridized carbons (Fsp3) is 0.571. The molecule has 1 unspecified atom stereocenters. The second-order valence-electron chi connectivity index (χ2n) is 2.37. The summed E-state index contributed by atoms with van der Waals surface area (Å²) < 4.78 is 0. The Kier molecular flexibility index (Phi) is 2.01. The lowest BCUT2D eigenvalue weighted by Crippen LogP contribution is -3.05. The lowest BCUT2D eigenvalue weighted by molar-refractivity contribution is -0.736. The average Bonchev–Trinajstić information content (AvgIpc) is 2.17. The van der Waals surface area contributed by atoms with Crippen molar-refractivity contribution < 1.29 is 4.90 Å². The maximum atomic E-state index is 4.14. The van der Waals surface area contributed by atoms with Crippen LogP contribution in [0.5, 0.6) is 0 Å². The van der Waals surface area contributed by atoms with Gasteiger partial charge in [0, 0.05) is 0 Å². The van der Waals surface area contributed by atoms with Crippen molar-refractivity contribution in [3.05, 3.63) is 11.9 Å². The van der Waals surface area contributed by atoms with Gasteiger partial charge < -0.3 is 0 Å². The van der Waals surface area contributed by atoms with Crippen LogP contribution in [0.25, 0.3) is 0 Å². The molecule has 1 rings (SSSR count). The highest BCUT2D eigenvalue weighted by Gasteiger charge is 2.06. The second-order valence-corrected chi connectivity index (χ2v) is 2.37. The maximum absolute atomic E-state index is 4.14. The van der Waals surface area contributed by atoms with Crippen LogP contribution < -0.4 is 4.90 Å². The number of aliphatic imine (C=N–C) groups is 1. The summed E-state index contributed by atoms with van der Waals surface area (Å²) in [4.78, 5) is 5.51. The monoisotopic (exact) mass is 125 g/mol. The van der Waals surface area contributed by atoms with Crippen molar-refractivity contribution >= 4 is 6.34 Å². The topological polar surface area (TPSA) is 16.8 Å². The Morgan fingerprint density at radius 1 is 1.67 bits per heavy atom. The molecule has 0 aliphatic carbocycles. The van der Waals surface area contributed by atoms with E-state index < -0.39 is 0 Å². The summed E-state index contributed by atoms with van der Waals surface area (Å²) in [6, 6.07) is 0. The summed E-state index contributed by atoms with van der Waals surface area (Å²) in [5.41, 5.74) is 1.14. The lowest BCUT2D eigenvalue weighted by atomic mass is 10.4. The van der Waals surface area contributed by atoms with Crippen molar-refractivity contribution in [1.82, 2.24) is 0 Å². The molecular weight excluding hydrogens is 112 g/mol. The van der Waals surface area contributed by atoms with E-state index in [4.69, 9.17) is 0 Å². The molecular formula is C7H13N2+. The molecule has 0 bridgehead atoms. The number of hydrogen-bond donors (Lipinski definition) is 1. The summed E-state index contributed by atoms with van der Waals surface area (Å²) in [5.74, 6) is 0. The van der Waals surface area contributed by atoms with E-state index in [0.29, 0.717) is 0 Å². The van der Waals surface area contributed by atoms with E-state index in [2.05, 4.69) is 18.1 Å². The van der Waals surface area contributed by atoms with Crippen LogP contribution in [-0.4, -0.2) is 12.9 Å². The largest absolute Gasteiger partial charge is 0.265 e. The first-order valence-electron chi connectivity index (χ1n) is 3.41. The highest BCUT2D eigenvalue weighted by molar-refractivity contribution is 5.49. The molecule has 1 atom stereocenters. The van der Waals surface area contributed by atoms with E-state index in [1.807, 2.05) is 13.3 Å². The summed E-state index contributed by atoms with van der Waals surface area (Å²) in [6.45, 7) is 5.38. The number of nitrogens with one attached hydrogen (secondary N) is 1. The summed E-state index contributed by atoms with van der Waals surface area (Å²) in [7, 11) is 0. The molecule has 0 fully saturated rings. The molecule has 0 aromatic rings. The Bertz CT molecular complexity index is 147. The molecule has 2 heteroatoms. The van der Waals surface area contributed by atoms with E-state index in [-0.39, 0.29) is 0 Å². The predicted molar refractivity (Wildman–Crippen MR) is 38.4 cm³/mol. The van der Waals surface area contributed by atoms with Gasteiger partial charge in [-0.1, -0.05) is 6.92 Å². The number of quaternary nitrogens is 1. The summed E-state index contributed by atoms with van der Waals surface area (Å²) >= 11 is 0. The molecule has 9 heavy (non-hydrogen) atoms. The van der Waals surface area contributed by atoms with Crippen LogP contribution in [0, 0.1) is 0 Å². The van der Waals surface area contributed by atoms with Crippen LogP contribution in [0.1, 0.15) is 20.3 Å². The molecule has 0 saturated carbocycles. The molecule has 0 radical (unpaired) electrons. The number of allylic oxidation sites excluding steroid dienone is 1. The molecule has 0 amide bonds. The van der Waals surface area contributed by atoms with Crippen molar-refractivity contribution in [2.45, 2.75) is 20.3 Å². The van der Waals surface area contributed by atoms with Gasteiger partial charge in [0.1, 0.15) is 6.20 Å². The Labute approximate surface area is 55.9 Å². The first-order chi connectivity index (χ1) is 4.33. The van der Waals surface area contributed by atoms with Gasteiger partial charge in [-0.05, 0) is 13.3 Å². The van der Waals surface area contributed by atoms with Gasteiger partial charge in [-0.2, -0.15) is 0 Å². The summed E-state index contributed by atoms with van der Waals surface area (Å²) in [5, 5.41) is 0. The zero-order valence-corrected chi connectivity index (χ0v) is 6.02. The SMILES string of the molecule is CCC[NH+]1C=NC(C)=C1. The first kappa shape index (κ1) is 6.49. The van der Waals surface area contributed by atoms with Crippen molar-refractivity contribution in [3.8, 4) is 0 Å². The minimum atomic E-state index is 1.14. The third-order valence-electron chi connectivity index (χ3n) is 1.37. The molecule has 1 aliphatic rings. The van der Waals surface area contributed by atoms with Crippen LogP contribution in [0.15, 0.2) is 16.9 Å². The average molecular weight is 125 g/mol. The normalized spacial score (nSPS) is 24.7. The van der Waals surface area contributed by atoms with Crippen LogP contribution in [0.2, 0.25) is 0 Å². The van der Waals surface area contributed by atoms with Gasteiger partial charge in [-0.3, -0.25) is 4.90 Å².